The van der Waals surface area contributed by atoms with E-state index in [1.165, 1.54) is 0 Å². The number of pyridine rings is 1. The first-order chi connectivity index (χ1) is 6.79. The molecule has 3 heteroatoms. The molecule has 0 fully saturated rings. The van der Waals surface area contributed by atoms with Gasteiger partial charge in [-0.2, -0.15) is 0 Å². The molecular weight excluding hydrogens is 196 g/mol. The van der Waals surface area contributed by atoms with Crippen LogP contribution in [-0.2, 0) is 0 Å². The second-order valence-electron chi connectivity index (χ2n) is 2.83. The van der Waals surface area contributed by atoms with Crippen LogP contribution < -0.4 is 5.73 Å². The van der Waals surface area contributed by atoms with Gasteiger partial charge in [0.05, 0.1) is 10.7 Å². The quantitative estimate of drug-likeness (QED) is 0.724. The zero-order valence-corrected chi connectivity index (χ0v) is 8.12. The molecular formula is C11H8ClN2. The SMILES string of the molecule is Nc1[c]cccc1-c1ncccc1Cl. The van der Waals surface area contributed by atoms with E-state index in [1.54, 1.807) is 24.4 Å². The summed E-state index contributed by atoms with van der Waals surface area (Å²) in [5, 5.41) is 0.596. The number of nitrogen functional groups attached to an aromatic ring is 1. The van der Waals surface area contributed by atoms with Crippen molar-refractivity contribution in [3.63, 3.8) is 0 Å². The second kappa shape index (κ2) is 3.68. The first-order valence-electron chi connectivity index (χ1n) is 4.16. The van der Waals surface area contributed by atoms with E-state index in [0.717, 1.165) is 5.56 Å². The molecule has 0 saturated carbocycles. The average Bonchev–Trinajstić information content (AvgIpc) is 2.20. The first-order valence-corrected chi connectivity index (χ1v) is 4.54. The fraction of sp³-hybridized carbons (Fsp3) is 0. The van der Waals surface area contributed by atoms with Crippen molar-refractivity contribution in [2.24, 2.45) is 0 Å². The normalized spacial score (nSPS) is 10.1. The fourth-order valence-electron chi connectivity index (χ4n) is 1.24. The van der Waals surface area contributed by atoms with Crippen molar-refractivity contribution < 1.29 is 0 Å². The Hall–Kier alpha value is -1.54. The van der Waals surface area contributed by atoms with Gasteiger partial charge in [0.25, 0.3) is 0 Å². The lowest BCUT2D eigenvalue weighted by molar-refractivity contribution is 1.33. The number of aromatic nitrogens is 1. The summed E-state index contributed by atoms with van der Waals surface area (Å²) in [6.45, 7) is 0. The molecule has 0 spiro atoms. The van der Waals surface area contributed by atoms with Crippen molar-refractivity contribution >= 4 is 17.3 Å². The maximum absolute atomic E-state index is 6.00. The van der Waals surface area contributed by atoms with Crippen LogP contribution in [0, 0.1) is 6.07 Å². The molecule has 1 radical (unpaired) electrons. The van der Waals surface area contributed by atoms with E-state index in [9.17, 15) is 0 Å². The molecule has 2 rings (SSSR count). The number of hydrogen-bond acceptors (Lipinski definition) is 2. The van der Waals surface area contributed by atoms with Gasteiger partial charge in [-0.25, -0.2) is 0 Å². The summed E-state index contributed by atoms with van der Waals surface area (Å²) in [5.41, 5.74) is 7.85. The molecule has 69 valence electrons. The molecule has 0 bridgehead atoms. The van der Waals surface area contributed by atoms with E-state index in [2.05, 4.69) is 11.1 Å². The Kier molecular flexibility index (Phi) is 2.37. The minimum atomic E-state index is 0.563. The zero-order chi connectivity index (χ0) is 9.97. The Morgan fingerprint density at radius 3 is 2.86 bits per heavy atom. The zero-order valence-electron chi connectivity index (χ0n) is 7.37. The minimum absolute atomic E-state index is 0.563. The van der Waals surface area contributed by atoms with E-state index in [1.807, 2.05) is 12.1 Å². The molecule has 2 nitrogen and oxygen atoms in total. The molecule has 0 amide bonds. The number of anilines is 1. The van der Waals surface area contributed by atoms with Gasteiger partial charge in [-0.3, -0.25) is 4.98 Å². The predicted molar refractivity (Wildman–Crippen MR) is 57.9 cm³/mol. The molecule has 0 saturated heterocycles. The lowest BCUT2D eigenvalue weighted by atomic mass is 10.1. The summed E-state index contributed by atoms with van der Waals surface area (Å²) in [6.07, 6.45) is 1.69. The molecule has 0 aliphatic heterocycles. The largest absolute Gasteiger partial charge is 0.398 e. The Morgan fingerprint density at radius 2 is 2.14 bits per heavy atom. The van der Waals surface area contributed by atoms with Crippen LogP contribution in [0.25, 0.3) is 11.3 Å². The van der Waals surface area contributed by atoms with Crippen molar-refractivity contribution in [3.05, 3.63) is 47.6 Å². The van der Waals surface area contributed by atoms with Gasteiger partial charge in [0, 0.05) is 23.5 Å². The van der Waals surface area contributed by atoms with Crippen LogP contribution in [0.15, 0.2) is 36.5 Å². The summed E-state index contributed by atoms with van der Waals surface area (Å²) in [7, 11) is 0. The Labute approximate surface area is 87.4 Å². The van der Waals surface area contributed by atoms with Crippen LogP contribution in [0.4, 0.5) is 5.69 Å². The maximum Gasteiger partial charge on any atom is 0.0908 e. The molecule has 1 aromatic heterocycles. The van der Waals surface area contributed by atoms with Gasteiger partial charge in [0.1, 0.15) is 0 Å². The summed E-state index contributed by atoms with van der Waals surface area (Å²) in [5.74, 6) is 0. The van der Waals surface area contributed by atoms with E-state index >= 15 is 0 Å². The van der Waals surface area contributed by atoms with Gasteiger partial charge in [0.15, 0.2) is 0 Å². The third-order valence-corrected chi connectivity index (χ3v) is 2.21. The van der Waals surface area contributed by atoms with Gasteiger partial charge < -0.3 is 5.73 Å². The van der Waals surface area contributed by atoms with Gasteiger partial charge in [0.2, 0.25) is 0 Å². The summed E-state index contributed by atoms with van der Waals surface area (Å²) >= 11 is 6.00. The Bertz CT molecular complexity index is 411. The van der Waals surface area contributed by atoms with E-state index < -0.39 is 0 Å². The lowest BCUT2D eigenvalue weighted by Crippen LogP contribution is -1.91. The number of halogens is 1. The number of para-hydroxylation sites is 1. The Balaban J connectivity index is 2.61. The van der Waals surface area contributed by atoms with E-state index in [4.69, 9.17) is 17.3 Å². The van der Waals surface area contributed by atoms with Gasteiger partial charge in [-0.15, -0.1) is 0 Å². The van der Waals surface area contributed by atoms with Crippen molar-refractivity contribution in [2.75, 3.05) is 5.73 Å². The van der Waals surface area contributed by atoms with Crippen LogP contribution in [0.2, 0.25) is 5.02 Å². The van der Waals surface area contributed by atoms with Gasteiger partial charge in [-0.05, 0) is 12.1 Å². The number of nitrogens with zero attached hydrogens (tertiary/aromatic N) is 1. The number of rotatable bonds is 1. The summed E-state index contributed by atoms with van der Waals surface area (Å²) in [4.78, 5) is 4.18. The third kappa shape index (κ3) is 1.56. The molecule has 0 aliphatic carbocycles. The highest BCUT2D eigenvalue weighted by Gasteiger charge is 2.06. The minimum Gasteiger partial charge on any atom is -0.398 e. The van der Waals surface area contributed by atoms with E-state index in [0.29, 0.717) is 16.4 Å². The smallest absolute Gasteiger partial charge is 0.0908 e. The molecule has 1 heterocycles. The topological polar surface area (TPSA) is 38.9 Å². The lowest BCUT2D eigenvalue weighted by Gasteiger charge is -2.05. The highest BCUT2D eigenvalue weighted by Crippen LogP contribution is 2.28. The van der Waals surface area contributed by atoms with E-state index in [-0.39, 0.29) is 0 Å². The maximum atomic E-state index is 6.00. The van der Waals surface area contributed by atoms with Crippen LogP contribution in [-0.4, -0.2) is 4.98 Å². The summed E-state index contributed by atoms with van der Waals surface area (Å²) in [6, 6.07) is 12.0. The van der Waals surface area contributed by atoms with Crippen molar-refractivity contribution in [1.29, 1.82) is 0 Å². The molecule has 0 aliphatic rings. The number of nitrogens with two attached hydrogens (primary N) is 1. The summed E-state index contributed by atoms with van der Waals surface area (Å²) < 4.78 is 0. The average molecular weight is 204 g/mol. The van der Waals surface area contributed by atoms with Gasteiger partial charge >= 0.3 is 0 Å². The third-order valence-electron chi connectivity index (χ3n) is 1.90. The van der Waals surface area contributed by atoms with Crippen LogP contribution in [0.3, 0.4) is 0 Å². The van der Waals surface area contributed by atoms with Crippen molar-refractivity contribution in [1.82, 2.24) is 4.98 Å². The fourth-order valence-corrected chi connectivity index (χ4v) is 1.46. The molecule has 1 aromatic carbocycles. The second-order valence-corrected chi connectivity index (χ2v) is 3.24. The van der Waals surface area contributed by atoms with Crippen molar-refractivity contribution in [3.8, 4) is 11.3 Å². The molecule has 0 unspecified atom stereocenters. The first kappa shape index (κ1) is 9.03. The molecule has 2 aromatic rings. The van der Waals surface area contributed by atoms with Crippen LogP contribution >= 0.6 is 11.6 Å². The van der Waals surface area contributed by atoms with Crippen LogP contribution in [0.1, 0.15) is 0 Å². The molecule has 2 N–H and O–H groups in total. The molecule has 14 heavy (non-hydrogen) atoms. The standard InChI is InChI=1S/C11H8ClN2/c12-9-5-3-7-14-11(9)8-4-1-2-6-10(8)13/h1-5,7H,13H2. The van der Waals surface area contributed by atoms with Crippen molar-refractivity contribution in [2.45, 2.75) is 0 Å². The number of benzene rings is 1. The molecule has 0 atom stereocenters. The monoisotopic (exact) mass is 203 g/mol. The predicted octanol–water partition coefficient (Wildman–Crippen LogP) is 2.78. The highest BCUT2D eigenvalue weighted by atomic mass is 35.5. The van der Waals surface area contributed by atoms with Crippen LogP contribution in [0.5, 0.6) is 0 Å². The number of hydrogen-bond donors (Lipinski definition) is 1. The Morgan fingerprint density at radius 1 is 1.29 bits per heavy atom. The highest BCUT2D eigenvalue weighted by molar-refractivity contribution is 6.33. The van der Waals surface area contributed by atoms with Gasteiger partial charge in [-0.1, -0.05) is 29.8 Å².